The largest absolute Gasteiger partial charge is 0.497 e. The Morgan fingerprint density at radius 1 is 0.974 bits per heavy atom. The molecule has 1 fully saturated rings. The molecule has 1 saturated carbocycles. The van der Waals surface area contributed by atoms with Crippen molar-refractivity contribution in [2.24, 2.45) is 0 Å². The van der Waals surface area contributed by atoms with E-state index >= 15 is 0 Å². The van der Waals surface area contributed by atoms with Gasteiger partial charge in [-0.15, -0.1) is 0 Å². The summed E-state index contributed by atoms with van der Waals surface area (Å²) in [6.45, 7) is 5.65. The summed E-state index contributed by atoms with van der Waals surface area (Å²) in [6, 6.07) is 11.3. The molecule has 0 spiro atoms. The second-order valence-corrected chi connectivity index (χ2v) is 12.6. The number of ether oxygens (including phenoxy) is 1. The van der Waals surface area contributed by atoms with Crippen molar-refractivity contribution in [3.05, 3.63) is 53.1 Å². The maximum absolute atomic E-state index is 13.6. The number of Topliss-reactive ketones (excluding diaryl/α,β-unsaturated/α-hetero) is 1. The third kappa shape index (κ3) is 7.17. The van der Waals surface area contributed by atoms with Crippen LogP contribution in [0.1, 0.15) is 42.4 Å². The van der Waals surface area contributed by atoms with Crippen molar-refractivity contribution >= 4 is 27.4 Å². The van der Waals surface area contributed by atoms with E-state index in [2.05, 4.69) is 10.2 Å². The number of amides is 1. The minimum Gasteiger partial charge on any atom is -0.497 e. The SMILES string of the molecule is COc1cc(C)c(S(=O)(=O)N(C)C2(C(=O)CCC(=O)N(C)Cc3ccc(NCCN(C)C)cc3)CC2)c(C)c1. The number of ketones is 1. The van der Waals surface area contributed by atoms with Gasteiger partial charge in [-0.25, -0.2) is 8.42 Å². The van der Waals surface area contributed by atoms with Crippen LogP contribution in [0.3, 0.4) is 0 Å². The molecule has 0 bridgehead atoms. The van der Waals surface area contributed by atoms with Crippen LogP contribution in [-0.2, 0) is 26.2 Å². The number of nitrogens with zero attached hydrogens (tertiary/aromatic N) is 3. The van der Waals surface area contributed by atoms with E-state index in [4.69, 9.17) is 4.74 Å². The zero-order valence-electron chi connectivity index (χ0n) is 24.2. The fraction of sp³-hybridized carbons (Fsp3) is 0.517. The van der Waals surface area contributed by atoms with E-state index < -0.39 is 15.6 Å². The number of sulfonamides is 1. The fourth-order valence-corrected chi connectivity index (χ4v) is 6.80. The first-order valence-electron chi connectivity index (χ1n) is 13.2. The molecule has 9 nitrogen and oxygen atoms in total. The van der Waals surface area contributed by atoms with Gasteiger partial charge in [0.2, 0.25) is 15.9 Å². The summed E-state index contributed by atoms with van der Waals surface area (Å²) in [5.41, 5.74) is 2.05. The second kappa shape index (κ2) is 12.5. The third-order valence-corrected chi connectivity index (χ3v) is 9.62. The predicted molar refractivity (Wildman–Crippen MR) is 154 cm³/mol. The third-order valence-electron chi connectivity index (χ3n) is 7.39. The predicted octanol–water partition coefficient (Wildman–Crippen LogP) is 3.45. The quantitative estimate of drug-likeness (QED) is 0.379. The van der Waals surface area contributed by atoms with Crippen LogP contribution in [0.5, 0.6) is 5.75 Å². The van der Waals surface area contributed by atoms with E-state index in [1.54, 1.807) is 37.9 Å². The molecule has 0 aliphatic heterocycles. The molecular weight excluding hydrogens is 516 g/mol. The lowest BCUT2D eigenvalue weighted by Crippen LogP contribution is -2.45. The van der Waals surface area contributed by atoms with Crippen molar-refractivity contribution in [3.63, 3.8) is 0 Å². The minimum absolute atomic E-state index is 0.00164. The number of methoxy groups -OCH3 is 1. The van der Waals surface area contributed by atoms with Crippen LogP contribution in [0.4, 0.5) is 5.69 Å². The van der Waals surface area contributed by atoms with E-state index in [-0.39, 0.29) is 29.4 Å². The van der Waals surface area contributed by atoms with Gasteiger partial charge in [-0.2, -0.15) is 4.31 Å². The minimum atomic E-state index is -3.92. The molecule has 0 atom stereocenters. The Morgan fingerprint density at radius 2 is 1.56 bits per heavy atom. The van der Waals surface area contributed by atoms with Crippen molar-refractivity contribution in [1.82, 2.24) is 14.1 Å². The van der Waals surface area contributed by atoms with E-state index in [1.807, 2.05) is 38.4 Å². The molecule has 0 saturated heterocycles. The van der Waals surface area contributed by atoms with Gasteiger partial charge in [0, 0.05) is 52.3 Å². The molecule has 2 aromatic rings. The zero-order chi connectivity index (χ0) is 29.0. The molecular formula is C29H42N4O5S. The first kappa shape index (κ1) is 30.6. The molecule has 3 rings (SSSR count). The number of nitrogens with one attached hydrogen (secondary N) is 1. The molecule has 0 heterocycles. The second-order valence-electron chi connectivity index (χ2n) is 10.7. The lowest BCUT2D eigenvalue weighted by molar-refractivity contribution is -0.133. The molecule has 1 N–H and O–H groups in total. The Labute approximate surface area is 233 Å². The van der Waals surface area contributed by atoms with Crippen molar-refractivity contribution in [2.45, 2.75) is 56.5 Å². The van der Waals surface area contributed by atoms with Gasteiger partial charge < -0.3 is 19.9 Å². The summed E-state index contributed by atoms with van der Waals surface area (Å²) in [7, 11) is 4.85. The molecule has 1 aliphatic rings. The summed E-state index contributed by atoms with van der Waals surface area (Å²) in [4.78, 5) is 30.0. The lowest BCUT2D eigenvalue weighted by Gasteiger charge is -2.28. The van der Waals surface area contributed by atoms with Crippen molar-refractivity contribution in [1.29, 1.82) is 0 Å². The summed E-state index contributed by atoms with van der Waals surface area (Å²) in [6.07, 6.45) is 0.942. The highest BCUT2D eigenvalue weighted by molar-refractivity contribution is 7.89. The maximum atomic E-state index is 13.6. The van der Waals surface area contributed by atoms with Crippen LogP contribution in [0.2, 0.25) is 0 Å². The fourth-order valence-electron chi connectivity index (χ4n) is 4.85. The Hall–Kier alpha value is -2.95. The van der Waals surface area contributed by atoms with Crippen molar-refractivity contribution in [2.75, 3.05) is 53.7 Å². The number of hydrogen-bond donors (Lipinski definition) is 1. The maximum Gasteiger partial charge on any atom is 0.244 e. The van der Waals surface area contributed by atoms with Crippen LogP contribution < -0.4 is 10.1 Å². The summed E-state index contributed by atoms with van der Waals surface area (Å²) in [5.74, 6) is 0.214. The van der Waals surface area contributed by atoms with Crippen molar-refractivity contribution < 1.29 is 22.7 Å². The summed E-state index contributed by atoms with van der Waals surface area (Å²) in [5, 5.41) is 3.36. The van der Waals surface area contributed by atoms with Gasteiger partial charge in [0.15, 0.2) is 5.78 Å². The van der Waals surface area contributed by atoms with Crippen LogP contribution >= 0.6 is 0 Å². The van der Waals surface area contributed by atoms with Crippen LogP contribution in [0.15, 0.2) is 41.3 Å². The molecule has 1 aliphatic carbocycles. The Kier molecular flexibility index (Phi) is 9.79. The topological polar surface area (TPSA) is 99.3 Å². The normalized spacial score (nSPS) is 14.4. The number of rotatable bonds is 14. The summed E-state index contributed by atoms with van der Waals surface area (Å²) < 4.78 is 33.6. The average molecular weight is 559 g/mol. The highest BCUT2D eigenvalue weighted by Gasteiger charge is 2.56. The number of benzene rings is 2. The molecule has 10 heteroatoms. The molecule has 39 heavy (non-hydrogen) atoms. The number of carbonyl (C=O) groups is 2. The Balaban J connectivity index is 1.58. The first-order chi connectivity index (χ1) is 18.3. The number of hydrogen-bond acceptors (Lipinski definition) is 7. The van der Waals surface area contributed by atoms with Gasteiger partial charge in [0.1, 0.15) is 5.75 Å². The van der Waals surface area contributed by atoms with E-state index in [0.29, 0.717) is 36.3 Å². The molecule has 214 valence electrons. The zero-order valence-corrected chi connectivity index (χ0v) is 25.0. The first-order valence-corrected chi connectivity index (χ1v) is 14.6. The Morgan fingerprint density at radius 3 is 2.08 bits per heavy atom. The molecule has 0 aromatic heterocycles. The van der Waals surface area contributed by atoms with Crippen LogP contribution in [-0.4, -0.2) is 88.1 Å². The number of anilines is 1. The molecule has 0 radical (unpaired) electrons. The number of likely N-dealkylation sites (N-methyl/N-ethyl adjacent to an activating group) is 2. The average Bonchev–Trinajstić information content (AvgIpc) is 3.68. The number of carbonyl (C=O) groups excluding carboxylic acids is 2. The van der Waals surface area contributed by atoms with E-state index in [1.165, 1.54) is 18.5 Å². The van der Waals surface area contributed by atoms with E-state index in [9.17, 15) is 18.0 Å². The van der Waals surface area contributed by atoms with Gasteiger partial charge in [-0.3, -0.25) is 9.59 Å². The van der Waals surface area contributed by atoms with Gasteiger partial charge in [-0.05, 0) is 81.7 Å². The molecule has 0 unspecified atom stereocenters. The highest BCUT2D eigenvalue weighted by Crippen LogP contribution is 2.46. The van der Waals surface area contributed by atoms with Crippen LogP contribution in [0, 0.1) is 13.8 Å². The number of aryl methyl sites for hydroxylation is 2. The smallest absolute Gasteiger partial charge is 0.244 e. The Bertz CT molecular complexity index is 1260. The van der Waals surface area contributed by atoms with E-state index in [0.717, 1.165) is 24.3 Å². The monoisotopic (exact) mass is 558 g/mol. The van der Waals surface area contributed by atoms with Crippen LogP contribution in [0.25, 0.3) is 0 Å². The van der Waals surface area contributed by atoms with Gasteiger partial charge in [0.25, 0.3) is 0 Å². The van der Waals surface area contributed by atoms with Gasteiger partial charge in [0.05, 0.1) is 17.5 Å². The van der Waals surface area contributed by atoms with Crippen molar-refractivity contribution in [3.8, 4) is 5.75 Å². The molecule has 2 aromatic carbocycles. The van der Waals surface area contributed by atoms with Gasteiger partial charge in [-0.1, -0.05) is 12.1 Å². The van der Waals surface area contributed by atoms with Gasteiger partial charge >= 0.3 is 0 Å². The lowest BCUT2D eigenvalue weighted by atomic mass is 10.1. The standard InChI is InChI=1S/C29H42N4O5S/c1-21-18-25(38-7)19-22(2)28(21)39(36,37)33(6)29(14-15-29)26(34)12-13-27(35)32(5)20-23-8-10-24(11-9-23)30-16-17-31(3)4/h8-11,18-19,30H,12-17,20H2,1-7H3. The highest BCUT2D eigenvalue weighted by atomic mass is 32.2. The molecule has 1 amide bonds. The summed E-state index contributed by atoms with van der Waals surface area (Å²) >= 11 is 0.